The zero-order valence-electron chi connectivity index (χ0n) is 31.9. The fourth-order valence-electron chi connectivity index (χ4n) is 9.13. The van der Waals surface area contributed by atoms with Crippen LogP contribution in [0.4, 0.5) is 0 Å². The summed E-state index contributed by atoms with van der Waals surface area (Å²) in [5.41, 5.74) is 2.96. The molecule has 0 atom stereocenters. The number of H-pyrrole nitrogens is 2. The lowest BCUT2D eigenvalue weighted by Gasteiger charge is -2.10. The van der Waals surface area contributed by atoms with E-state index < -0.39 is 0 Å². The monoisotopic (exact) mass is 986 g/mol. The lowest BCUT2D eigenvalue weighted by atomic mass is 10.0. The Bertz CT molecular complexity index is 3680. The average Bonchev–Trinajstić information content (AvgIpc) is 4.07. The third-order valence-electron chi connectivity index (χ3n) is 12.0. The van der Waals surface area contributed by atoms with Gasteiger partial charge in [0.2, 0.25) is 0 Å². The summed E-state index contributed by atoms with van der Waals surface area (Å²) in [6, 6.07) is 30.2. The maximum absolute atomic E-state index is 7.37. The van der Waals surface area contributed by atoms with Crippen molar-refractivity contribution in [2.24, 2.45) is 0 Å². The highest BCUT2D eigenvalue weighted by Gasteiger charge is 2.32. The topological polar surface area (TPSA) is 109 Å². The number of hydrogen-bond donors (Lipinski definition) is 2. The van der Waals surface area contributed by atoms with Gasteiger partial charge in [0.1, 0.15) is 22.6 Å². The van der Waals surface area contributed by atoms with Crippen molar-refractivity contribution >= 4 is 180 Å². The van der Waals surface area contributed by atoms with Gasteiger partial charge < -0.3 is 9.97 Å². The van der Waals surface area contributed by atoms with E-state index >= 15 is 0 Å². The highest BCUT2D eigenvalue weighted by Crippen LogP contribution is 2.52. The molecule has 5 heterocycles. The Morgan fingerprint density at radius 2 is 0.438 bits per heavy atom. The Labute approximate surface area is 399 Å². The largest absolute Gasteiger partial charge is 0.324 e. The molecule has 2 N–H and O–H groups in total. The Morgan fingerprint density at radius 1 is 0.250 bits per heavy atom. The van der Waals surface area contributed by atoms with Crippen molar-refractivity contribution < 1.29 is 0 Å². The molecule has 2 aliphatic heterocycles. The minimum absolute atomic E-state index is 0.198. The minimum Gasteiger partial charge on any atom is -0.324 e. The average molecular weight is 990 g/mol. The number of nitrogens with one attached hydrogen (secondary N) is 2. The Hall–Kier alpha value is -5.52. The van der Waals surface area contributed by atoms with Crippen molar-refractivity contribution in [3.63, 3.8) is 0 Å². The molecular weight excluding hydrogens is 972 g/mol. The normalized spacial score (nSPS) is 12.4. The summed E-state index contributed by atoms with van der Waals surface area (Å²) in [6.45, 7) is 0. The molecule has 8 nitrogen and oxygen atoms in total. The number of aromatic amines is 2. The van der Waals surface area contributed by atoms with Gasteiger partial charge in [0, 0.05) is 64.6 Å². The molecule has 0 fully saturated rings. The van der Waals surface area contributed by atoms with Crippen LogP contribution in [0.25, 0.3) is 133 Å². The quantitative estimate of drug-likeness (QED) is 0.157. The van der Waals surface area contributed by atoms with Crippen LogP contribution in [-0.4, -0.2) is 39.9 Å². The number of halogens is 8. The molecule has 0 aliphatic carbocycles. The van der Waals surface area contributed by atoms with Gasteiger partial charge in [-0.1, -0.05) is 190 Å². The number of nitrogens with zero attached hydrogens (tertiary/aromatic N) is 6. The van der Waals surface area contributed by atoms with Crippen molar-refractivity contribution in [2.45, 2.75) is 0 Å². The van der Waals surface area contributed by atoms with Crippen LogP contribution >= 0.6 is 92.8 Å². The Morgan fingerprint density at radius 3 is 0.641 bits per heavy atom. The molecule has 8 bridgehead atoms. The first-order chi connectivity index (χ1) is 31.1. The summed E-state index contributed by atoms with van der Waals surface area (Å²) < 4.78 is 0. The van der Waals surface area contributed by atoms with Crippen LogP contribution in [0.2, 0.25) is 40.2 Å². The van der Waals surface area contributed by atoms with Crippen molar-refractivity contribution in [1.82, 2.24) is 39.9 Å². The molecule has 0 unspecified atom stereocenters. The van der Waals surface area contributed by atoms with Gasteiger partial charge in [-0.3, -0.25) is 0 Å². The van der Waals surface area contributed by atoms with E-state index in [9.17, 15) is 0 Å². The van der Waals surface area contributed by atoms with E-state index in [0.717, 1.165) is 0 Å². The standard InChI is InChI=1S/C48H18Cl8N8/c49-33-17-9-1-2-10-18(17)34(50)26-25(33)41-57-42(26)62-44-29-30(38(54)22-14-6-5-13-21(22)37(29)53)46(59-44)64-48-32-31(39(55)23-15-7-8-16-24(23)40(32)56)47(60-48)63-45-28-27(43(58-45)61-41)35(51)19-11-3-4-12-20(19)36(28)52/h1-16H,(H2,57,58,59,60,61,62,63,64). The van der Waals surface area contributed by atoms with E-state index in [0.29, 0.717) is 127 Å². The van der Waals surface area contributed by atoms with Crippen LogP contribution in [0.1, 0.15) is 0 Å². The first kappa shape index (κ1) is 38.9. The first-order valence-electron chi connectivity index (χ1n) is 19.5. The molecule has 306 valence electrons. The third-order valence-corrected chi connectivity index (χ3v) is 15.1. The molecule has 13 rings (SSSR count). The summed E-state index contributed by atoms with van der Waals surface area (Å²) in [7, 11) is 0. The Kier molecular flexibility index (Phi) is 8.50. The van der Waals surface area contributed by atoms with Crippen molar-refractivity contribution in [2.75, 3.05) is 0 Å². The van der Waals surface area contributed by atoms with Gasteiger partial charge in [-0.25, -0.2) is 29.9 Å². The molecule has 8 aromatic carbocycles. The van der Waals surface area contributed by atoms with E-state index in [1.807, 2.05) is 97.1 Å². The summed E-state index contributed by atoms with van der Waals surface area (Å²) in [5.74, 6) is 0.794. The predicted octanol–water partition coefficient (Wildman–Crippen LogP) is 16.7. The zero-order valence-corrected chi connectivity index (χ0v) is 38.0. The molecule has 3 aromatic heterocycles. The van der Waals surface area contributed by atoms with Crippen LogP contribution in [0.3, 0.4) is 0 Å². The lowest BCUT2D eigenvalue weighted by molar-refractivity contribution is 1.19. The molecular formula is C48H18Cl8N8. The van der Waals surface area contributed by atoms with Crippen molar-refractivity contribution in [3.8, 4) is 45.6 Å². The lowest BCUT2D eigenvalue weighted by Crippen LogP contribution is -1.89. The van der Waals surface area contributed by atoms with Crippen molar-refractivity contribution in [1.29, 1.82) is 0 Å². The third kappa shape index (κ3) is 5.22. The summed E-state index contributed by atoms with van der Waals surface area (Å²) in [5, 5.41) is 10.5. The van der Waals surface area contributed by atoms with Gasteiger partial charge in [-0.2, -0.15) is 0 Å². The van der Waals surface area contributed by atoms with Gasteiger partial charge >= 0.3 is 0 Å². The SMILES string of the molecule is Clc1c2c(c(Cl)c3ccccc13)-c1nc-2nc2[nH]c(nc3nc(nc4[nH]c(n1)c1c(Cl)c5ccccc5c(Cl)c41)-c1c-3c(Cl)c3ccccc3c1Cl)c1c(Cl)c3ccccc3c(Cl)c21. The second-order valence-corrected chi connectivity index (χ2v) is 18.3. The van der Waals surface area contributed by atoms with E-state index in [-0.39, 0.29) is 45.9 Å². The summed E-state index contributed by atoms with van der Waals surface area (Å²) in [6.07, 6.45) is 0. The molecule has 0 amide bonds. The fraction of sp³-hybridized carbons (Fsp3) is 0. The predicted molar refractivity (Wildman–Crippen MR) is 266 cm³/mol. The second kappa shape index (κ2) is 14.0. The summed E-state index contributed by atoms with van der Waals surface area (Å²) >= 11 is 58.9. The molecule has 11 aromatic rings. The molecule has 64 heavy (non-hydrogen) atoms. The maximum atomic E-state index is 7.37. The number of fused-ring (bicyclic) bond motifs is 24. The van der Waals surface area contributed by atoms with Crippen LogP contribution in [0, 0.1) is 0 Å². The molecule has 0 saturated carbocycles. The van der Waals surface area contributed by atoms with Crippen LogP contribution in [0.15, 0.2) is 97.1 Å². The van der Waals surface area contributed by atoms with Crippen LogP contribution in [-0.2, 0) is 0 Å². The van der Waals surface area contributed by atoms with Gasteiger partial charge in [0.25, 0.3) is 0 Å². The Balaban J connectivity index is 1.31. The number of rotatable bonds is 0. The highest BCUT2D eigenvalue weighted by atomic mass is 35.5. The van der Waals surface area contributed by atoms with E-state index in [1.54, 1.807) is 0 Å². The highest BCUT2D eigenvalue weighted by molar-refractivity contribution is 6.51. The molecule has 0 spiro atoms. The van der Waals surface area contributed by atoms with Gasteiger partial charge in [0.15, 0.2) is 23.3 Å². The van der Waals surface area contributed by atoms with E-state index in [2.05, 4.69) is 9.97 Å². The molecule has 0 saturated heterocycles. The zero-order chi connectivity index (χ0) is 43.4. The minimum atomic E-state index is 0.198. The van der Waals surface area contributed by atoms with E-state index in [1.165, 1.54) is 0 Å². The number of benzene rings is 8. The van der Waals surface area contributed by atoms with E-state index in [4.69, 9.17) is 123 Å². The first-order valence-corrected chi connectivity index (χ1v) is 22.5. The molecule has 2 aliphatic rings. The second-order valence-electron chi connectivity index (χ2n) is 15.3. The smallest absolute Gasteiger partial charge is 0.166 e. The van der Waals surface area contributed by atoms with Gasteiger partial charge in [-0.15, -0.1) is 0 Å². The van der Waals surface area contributed by atoms with Gasteiger partial charge in [-0.05, 0) is 0 Å². The number of hydrogen-bond acceptors (Lipinski definition) is 6. The van der Waals surface area contributed by atoms with Crippen LogP contribution in [0.5, 0.6) is 0 Å². The van der Waals surface area contributed by atoms with Crippen LogP contribution < -0.4 is 0 Å². The summed E-state index contributed by atoms with van der Waals surface area (Å²) in [4.78, 5) is 37.8. The molecule has 16 heteroatoms. The van der Waals surface area contributed by atoms with Gasteiger partial charge in [0.05, 0.1) is 62.4 Å². The number of aromatic nitrogens is 8. The fourth-order valence-corrected chi connectivity index (χ4v) is 11.9. The molecule has 0 radical (unpaired) electrons. The van der Waals surface area contributed by atoms with Crippen molar-refractivity contribution in [3.05, 3.63) is 137 Å². The maximum Gasteiger partial charge on any atom is 0.166 e.